The van der Waals surface area contributed by atoms with Crippen LogP contribution in [0.3, 0.4) is 0 Å². The zero-order valence-corrected chi connectivity index (χ0v) is 11.7. The van der Waals surface area contributed by atoms with E-state index in [9.17, 15) is 0 Å². The van der Waals surface area contributed by atoms with Gasteiger partial charge in [-0.3, -0.25) is 9.97 Å². The van der Waals surface area contributed by atoms with Gasteiger partial charge in [0.25, 0.3) is 0 Å². The lowest BCUT2D eigenvalue weighted by molar-refractivity contribution is 0.787. The lowest BCUT2D eigenvalue weighted by Crippen LogP contribution is -2.18. The van der Waals surface area contributed by atoms with Crippen LogP contribution in [0.15, 0.2) is 36.5 Å². The lowest BCUT2D eigenvalue weighted by Gasteiger charge is -2.19. The molecule has 0 saturated carbocycles. The van der Waals surface area contributed by atoms with E-state index in [0.717, 1.165) is 35.9 Å². The minimum Gasteiger partial charge on any atom is -0.369 e. The number of aryl methyl sites for hydroxylation is 1. The van der Waals surface area contributed by atoms with Gasteiger partial charge in [-0.2, -0.15) is 0 Å². The second kappa shape index (κ2) is 6.29. The van der Waals surface area contributed by atoms with E-state index in [2.05, 4.69) is 39.4 Å². The van der Waals surface area contributed by atoms with Gasteiger partial charge >= 0.3 is 0 Å². The topological polar surface area (TPSA) is 41.0 Å². The van der Waals surface area contributed by atoms with E-state index < -0.39 is 0 Å². The molecule has 100 valence electrons. The van der Waals surface area contributed by atoms with Crippen molar-refractivity contribution in [3.8, 4) is 0 Å². The van der Waals surface area contributed by atoms with Crippen LogP contribution in [0, 0.1) is 6.92 Å². The summed E-state index contributed by atoms with van der Waals surface area (Å²) >= 11 is 0. The van der Waals surface area contributed by atoms with Gasteiger partial charge < -0.3 is 10.2 Å². The maximum Gasteiger partial charge on any atom is 0.0600 e. The summed E-state index contributed by atoms with van der Waals surface area (Å²) in [6, 6.07) is 10.2. The van der Waals surface area contributed by atoms with E-state index in [1.165, 1.54) is 0 Å². The monoisotopic (exact) mass is 256 g/mol. The Balaban J connectivity index is 2.11. The lowest BCUT2D eigenvalue weighted by atomic mass is 10.2. The van der Waals surface area contributed by atoms with Crippen LogP contribution in [0.2, 0.25) is 0 Å². The number of nitrogens with one attached hydrogen (secondary N) is 1. The Morgan fingerprint density at radius 1 is 1.21 bits per heavy atom. The Hall–Kier alpha value is -1.94. The quantitative estimate of drug-likeness (QED) is 0.890. The van der Waals surface area contributed by atoms with Crippen LogP contribution in [-0.2, 0) is 13.1 Å². The summed E-state index contributed by atoms with van der Waals surface area (Å²) in [6.45, 7) is 3.59. The average Bonchev–Trinajstić information content (AvgIpc) is 2.39. The molecule has 2 heterocycles. The Morgan fingerprint density at radius 2 is 2.05 bits per heavy atom. The van der Waals surface area contributed by atoms with Crippen molar-refractivity contribution >= 4 is 5.69 Å². The van der Waals surface area contributed by atoms with Crippen LogP contribution in [0.25, 0.3) is 0 Å². The third-order valence-corrected chi connectivity index (χ3v) is 2.94. The molecule has 2 rings (SSSR count). The van der Waals surface area contributed by atoms with Gasteiger partial charge in [-0.05, 0) is 38.2 Å². The van der Waals surface area contributed by atoms with E-state index in [1.54, 1.807) is 0 Å². The van der Waals surface area contributed by atoms with Gasteiger partial charge in [0.05, 0.1) is 17.9 Å². The predicted molar refractivity (Wildman–Crippen MR) is 78.1 cm³/mol. The number of pyridine rings is 2. The Kier molecular flexibility index (Phi) is 4.47. The molecule has 0 bridgehead atoms. The summed E-state index contributed by atoms with van der Waals surface area (Å²) in [5.74, 6) is 0. The smallest absolute Gasteiger partial charge is 0.0600 e. The van der Waals surface area contributed by atoms with Gasteiger partial charge in [0.2, 0.25) is 0 Å². The molecule has 0 amide bonds. The summed E-state index contributed by atoms with van der Waals surface area (Å²) in [4.78, 5) is 11.0. The van der Waals surface area contributed by atoms with Gasteiger partial charge in [0.15, 0.2) is 0 Å². The highest BCUT2D eigenvalue weighted by Gasteiger charge is 2.04. The van der Waals surface area contributed by atoms with Crippen molar-refractivity contribution in [1.29, 1.82) is 0 Å². The first-order chi connectivity index (χ1) is 9.19. The largest absolute Gasteiger partial charge is 0.369 e. The maximum absolute atomic E-state index is 4.53. The van der Waals surface area contributed by atoms with E-state index in [0.29, 0.717) is 0 Å². The zero-order chi connectivity index (χ0) is 13.7. The minimum absolute atomic E-state index is 0.782. The fourth-order valence-corrected chi connectivity index (χ4v) is 2.00. The summed E-state index contributed by atoms with van der Waals surface area (Å²) < 4.78 is 0. The summed E-state index contributed by atoms with van der Waals surface area (Å²) in [5, 5.41) is 3.11. The molecule has 0 aliphatic rings. The fraction of sp³-hybridized carbons (Fsp3) is 0.333. The molecule has 0 atom stereocenters. The second-order valence-corrected chi connectivity index (χ2v) is 4.66. The number of hydrogen-bond donors (Lipinski definition) is 1. The summed E-state index contributed by atoms with van der Waals surface area (Å²) in [5.41, 5.74) is 4.33. The number of nitrogens with zero attached hydrogens (tertiary/aromatic N) is 3. The van der Waals surface area contributed by atoms with Gasteiger partial charge in [0, 0.05) is 31.2 Å². The first kappa shape index (κ1) is 13.5. The van der Waals surface area contributed by atoms with Crippen LogP contribution in [-0.4, -0.2) is 24.1 Å². The molecule has 0 fully saturated rings. The molecule has 19 heavy (non-hydrogen) atoms. The van der Waals surface area contributed by atoms with E-state index in [4.69, 9.17) is 0 Å². The fourth-order valence-electron chi connectivity index (χ4n) is 2.00. The Morgan fingerprint density at radius 3 is 2.79 bits per heavy atom. The Labute approximate surface area is 114 Å². The van der Waals surface area contributed by atoms with Crippen molar-refractivity contribution < 1.29 is 0 Å². The van der Waals surface area contributed by atoms with Gasteiger partial charge in [0.1, 0.15) is 0 Å². The maximum atomic E-state index is 4.53. The molecule has 0 aromatic carbocycles. The molecule has 4 heteroatoms. The van der Waals surface area contributed by atoms with E-state index in [-0.39, 0.29) is 0 Å². The van der Waals surface area contributed by atoms with E-state index >= 15 is 0 Å². The third kappa shape index (κ3) is 3.76. The van der Waals surface area contributed by atoms with Crippen LogP contribution in [0.1, 0.15) is 17.1 Å². The molecule has 2 aromatic rings. The number of aromatic nitrogens is 2. The molecule has 4 nitrogen and oxygen atoms in total. The van der Waals surface area contributed by atoms with Gasteiger partial charge in [-0.15, -0.1) is 0 Å². The molecule has 0 aliphatic carbocycles. The van der Waals surface area contributed by atoms with Crippen molar-refractivity contribution in [2.24, 2.45) is 0 Å². The molecule has 0 spiro atoms. The van der Waals surface area contributed by atoms with Crippen molar-refractivity contribution in [3.05, 3.63) is 53.6 Å². The van der Waals surface area contributed by atoms with Crippen molar-refractivity contribution in [3.63, 3.8) is 0 Å². The molecule has 0 unspecified atom stereocenters. The number of anilines is 1. The van der Waals surface area contributed by atoms with Crippen molar-refractivity contribution in [2.75, 3.05) is 19.0 Å². The van der Waals surface area contributed by atoms with Gasteiger partial charge in [-0.25, -0.2) is 0 Å². The minimum atomic E-state index is 0.782. The normalized spacial score (nSPS) is 10.5. The highest BCUT2D eigenvalue weighted by Crippen LogP contribution is 2.15. The first-order valence-corrected chi connectivity index (χ1v) is 6.42. The first-order valence-electron chi connectivity index (χ1n) is 6.42. The SMILES string of the molecule is CNCc1cc(N(C)Cc2cccc(C)n2)ccn1. The molecule has 0 aliphatic heterocycles. The highest BCUT2D eigenvalue weighted by atomic mass is 15.1. The number of rotatable bonds is 5. The molecular formula is C15H20N4. The zero-order valence-electron chi connectivity index (χ0n) is 11.7. The van der Waals surface area contributed by atoms with Crippen LogP contribution in [0.5, 0.6) is 0 Å². The molecule has 1 N–H and O–H groups in total. The average molecular weight is 256 g/mol. The summed E-state index contributed by atoms with van der Waals surface area (Å²) in [6.07, 6.45) is 1.85. The Bertz CT molecular complexity index is 539. The summed E-state index contributed by atoms with van der Waals surface area (Å²) in [7, 11) is 4.00. The predicted octanol–water partition coefficient (Wildman–Crippen LogP) is 2.14. The van der Waals surface area contributed by atoms with Crippen LogP contribution >= 0.6 is 0 Å². The molecule has 2 aromatic heterocycles. The molecule has 0 saturated heterocycles. The van der Waals surface area contributed by atoms with Crippen LogP contribution < -0.4 is 10.2 Å². The molecular weight excluding hydrogens is 236 g/mol. The molecule has 0 radical (unpaired) electrons. The van der Waals surface area contributed by atoms with Crippen molar-refractivity contribution in [2.45, 2.75) is 20.0 Å². The van der Waals surface area contributed by atoms with Gasteiger partial charge in [-0.1, -0.05) is 6.07 Å². The second-order valence-electron chi connectivity index (χ2n) is 4.66. The standard InChI is InChI=1S/C15H20N4/c1-12-5-4-6-13(18-12)11-19(3)15-7-8-17-14(9-15)10-16-2/h4-9,16H,10-11H2,1-3H3. The van der Waals surface area contributed by atoms with E-state index in [1.807, 2.05) is 38.4 Å². The van der Waals surface area contributed by atoms with Crippen LogP contribution in [0.4, 0.5) is 5.69 Å². The number of hydrogen-bond acceptors (Lipinski definition) is 4. The van der Waals surface area contributed by atoms with Crippen molar-refractivity contribution in [1.82, 2.24) is 15.3 Å². The third-order valence-electron chi connectivity index (χ3n) is 2.94. The highest BCUT2D eigenvalue weighted by molar-refractivity contribution is 5.46.